The minimum atomic E-state index is 0.0695. The molecule has 0 aromatic carbocycles. The average Bonchev–Trinajstić information content (AvgIpc) is 2.89. The van der Waals surface area contributed by atoms with Crippen molar-refractivity contribution >= 4 is 55.8 Å². The minimum absolute atomic E-state index is 0.0695. The molecule has 1 heterocycles. The zero-order valence-electron chi connectivity index (χ0n) is 8.76. The number of halogens is 2. The van der Waals surface area contributed by atoms with Crippen molar-refractivity contribution in [1.29, 1.82) is 0 Å². The fraction of sp³-hybridized carbons (Fsp3) is 0.545. The van der Waals surface area contributed by atoms with Gasteiger partial charge >= 0.3 is 0 Å². The second kappa shape index (κ2) is 5.35. The summed E-state index contributed by atoms with van der Waals surface area (Å²) < 4.78 is 1.16. The van der Waals surface area contributed by atoms with Gasteiger partial charge in [-0.2, -0.15) is 0 Å². The second-order valence-corrected chi connectivity index (χ2v) is 7.86. The first-order valence-electron chi connectivity index (χ1n) is 5.23. The Balaban J connectivity index is 1.84. The SMILES string of the molecule is O=C(NCC1(CCBr)CC1)c1csc(I)c1. The first kappa shape index (κ1) is 12.8. The highest BCUT2D eigenvalue weighted by molar-refractivity contribution is 14.1. The van der Waals surface area contributed by atoms with E-state index in [1.807, 2.05) is 11.4 Å². The number of thiophene rings is 1. The van der Waals surface area contributed by atoms with Crippen molar-refractivity contribution < 1.29 is 4.79 Å². The molecule has 0 aliphatic heterocycles. The number of carbonyl (C=O) groups is 1. The van der Waals surface area contributed by atoms with Crippen LogP contribution in [0.4, 0.5) is 0 Å². The lowest BCUT2D eigenvalue weighted by Crippen LogP contribution is -2.30. The highest BCUT2D eigenvalue weighted by Gasteiger charge is 2.41. The quantitative estimate of drug-likeness (QED) is 0.579. The van der Waals surface area contributed by atoms with E-state index in [0.29, 0.717) is 5.41 Å². The van der Waals surface area contributed by atoms with E-state index in [1.165, 1.54) is 12.8 Å². The van der Waals surface area contributed by atoms with Gasteiger partial charge in [0, 0.05) is 17.3 Å². The second-order valence-electron chi connectivity index (χ2n) is 4.26. The van der Waals surface area contributed by atoms with Crippen LogP contribution >= 0.6 is 49.9 Å². The van der Waals surface area contributed by atoms with Gasteiger partial charge in [0.1, 0.15) is 0 Å². The fourth-order valence-corrected chi connectivity index (χ4v) is 3.86. The van der Waals surface area contributed by atoms with Gasteiger partial charge in [-0.3, -0.25) is 4.79 Å². The molecule has 1 aliphatic rings. The average molecular weight is 414 g/mol. The summed E-state index contributed by atoms with van der Waals surface area (Å²) in [6.07, 6.45) is 3.66. The molecule has 5 heteroatoms. The van der Waals surface area contributed by atoms with Crippen molar-refractivity contribution in [2.75, 3.05) is 11.9 Å². The maximum Gasteiger partial charge on any atom is 0.252 e. The maximum absolute atomic E-state index is 11.8. The largest absolute Gasteiger partial charge is 0.351 e. The number of nitrogens with one attached hydrogen (secondary N) is 1. The number of hydrogen-bond donors (Lipinski definition) is 1. The molecule has 1 aliphatic carbocycles. The molecule has 16 heavy (non-hydrogen) atoms. The minimum Gasteiger partial charge on any atom is -0.351 e. The van der Waals surface area contributed by atoms with Gasteiger partial charge in [0.05, 0.1) is 8.45 Å². The third-order valence-electron chi connectivity index (χ3n) is 3.04. The van der Waals surface area contributed by atoms with Gasteiger partial charge in [-0.25, -0.2) is 0 Å². The lowest BCUT2D eigenvalue weighted by Gasteiger charge is -2.13. The number of alkyl halides is 1. The normalized spacial score (nSPS) is 17.1. The molecule has 1 aromatic rings. The van der Waals surface area contributed by atoms with Gasteiger partial charge < -0.3 is 5.32 Å². The molecule has 2 nitrogen and oxygen atoms in total. The molecule has 0 radical (unpaired) electrons. The molecule has 0 unspecified atom stereocenters. The van der Waals surface area contributed by atoms with Gasteiger partial charge in [-0.1, -0.05) is 15.9 Å². The highest BCUT2D eigenvalue weighted by atomic mass is 127. The van der Waals surface area contributed by atoms with Crippen molar-refractivity contribution in [1.82, 2.24) is 5.32 Å². The molecule has 0 atom stereocenters. The van der Waals surface area contributed by atoms with Crippen LogP contribution in [0.2, 0.25) is 0 Å². The van der Waals surface area contributed by atoms with Gasteiger partial charge in [0.15, 0.2) is 0 Å². The van der Waals surface area contributed by atoms with E-state index in [-0.39, 0.29) is 5.91 Å². The summed E-state index contributed by atoms with van der Waals surface area (Å²) in [4.78, 5) is 11.8. The van der Waals surface area contributed by atoms with Gasteiger partial charge in [0.2, 0.25) is 0 Å². The molecule has 1 saturated carbocycles. The zero-order valence-corrected chi connectivity index (χ0v) is 13.3. The van der Waals surface area contributed by atoms with Crippen LogP contribution in [0, 0.1) is 8.30 Å². The smallest absolute Gasteiger partial charge is 0.252 e. The molecule has 1 fully saturated rings. The summed E-state index contributed by atoms with van der Waals surface area (Å²) in [6.45, 7) is 0.823. The molecular weight excluding hydrogens is 401 g/mol. The predicted octanol–water partition coefficient (Wildman–Crippen LogP) is 3.65. The van der Waals surface area contributed by atoms with E-state index in [1.54, 1.807) is 11.3 Å². The van der Waals surface area contributed by atoms with E-state index >= 15 is 0 Å². The van der Waals surface area contributed by atoms with Crippen LogP contribution in [-0.2, 0) is 0 Å². The van der Waals surface area contributed by atoms with Crippen LogP contribution in [0.3, 0.4) is 0 Å². The maximum atomic E-state index is 11.8. The molecule has 2 rings (SSSR count). The van der Waals surface area contributed by atoms with Crippen LogP contribution < -0.4 is 5.32 Å². The fourth-order valence-electron chi connectivity index (χ4n) is 1.69. The first-order valence-corrected chi connectivity index (χ1v) is 8.31. The van der Waals surface area contributed by atoms with Crippen molar-refractivity contribution in [3.05, 3.63) is 19.9 Å². The number of amides is 1. The third-order valence-corrected chi connectivity index (χ3v) is 5.22. The van der Waals surface area contributed by atoms with Crippen molar-refractivity contribution in [3.8, 4) is 0 Å². The van der Waals surface area contributed by atoms with E-state index in [0.717, 1.165) is 26.7 Å². The molecule has 88 valence electrons. The lowest BCUT2D eigenvalue weighted by atomic mass is 10.0. The molecule has 0 saturated heterocycles. The Labute approximate surface area is 121 Å². The van der Waals surface area contributed by atoms with Crippen molar-refractivity contribution in [2.24, 2.45) is 5.41 Å². The van der Waals surface area contributed by atoms with E-state index in [4.69, 9.17) is 0 Å². The molecule has 0 spiro atoms. The van der Waals surface area contributed by atoms with Crippen LogP contribution in [0.25, 0.3) is 0 Å². The Kier molecular flexibility index (Phi) is 4.29. The third kappa shape index (κ3) is 3.20. The summed E-state index contributed by atoms with van der Waals surface area (Å²) in [7, 11) is 0. The molecule has 1 aromatic heterocycles. The van der Waals surface area contributed by atoms with Crippen LogP contribution in [0.1, 0.15) is 29.6 Å². The number of carbonyl (C=O) groups excluding carboxylic acids is 1. The predicted molar refractivity (Wildman–Crippen MR) is 79.4 cm³/mol. The highest BCUT2D eigenvalue weighted by Crippen LogP contribution is 2.48. The Morgan fingerprint density at radius 1 is 1.62 bits per heavy atom. The lowest BCUT2D eigenvalue weighted by molar-refractivity contribution is 0.0945. The van der Waals surface area contributed by atoms with Crippen LogP contribution in [0.15, 0.2) is 11.4 Å². The summed E-state index contributed by atoms with van der Waals surface area (Å²) in [5.74, 6) is 0.0695. The van der Waals surface area contributed by atoms with Crippen LogP contribution in [0.5, 0.6) is 0 Å². The summed E-state index contributed by atoms with van der Waals surface area (Å²) in [5, 5.41) is 5.99. The Morgan fingerprint density at radius 2 is 2.38 bits per heavy atom. The molecule has 1 amide bonds. The standard InChI is InChI=1S/C11H13BrINOS/c12-4-3-11(1-2-11)7-14-10(15)8-5-9(13)16-6-8/h5-6H,1-4,7H2,(H,14,15). The number of rotatable bonds is 5. The number of hydrogen-bond acceptors (Lipinski definition) is 2. The van der Waals surface area contributed by atoms with E-state index < -0.39 is 0 Å². The summed E-state index contributed by atoms with van der Waals surface area (Å²) >= 11 is 7.32. The monoisotopic (exact) mass is 413 g/mol. The Hall–Kier alpha value is 0.380. The van der Waals surface area contributed by atoms with Crippen LogP contribution in [-0.4, -0.2) is 17.8 Å². The molecule has 0 bridgehead atoms. The van der Waals surface area contributed by atoms with Gasteiger partial charge in [-0.05, 0) is 53.3 Å². The summed E-state index contributed by atoms with van der Waals surface area (Å²) in [6, 6.07) is 1.94. The van der Waals surface area contributed by atoms with Crippen molar-refractivity contribution in [3.63, 3.8) is 0 Å². The Morgan fingerprint density at radius 3 is 2.88 bits per heavy atom. The van der Waals surface area contributed by atoms with Gasteiger partial charge in [-0.15, -0.1) is 11.3 Å². The molecular formula is C11H13BrINOS. The van der Waals surface area contributed by atoms with E-state index in [2.05, 4.69) is 43.8 Å². The van der Waals surface area contributed by atoms with Gasteiger partial charge in [0.25, 0.3) is 5.91 Å². The van der Waals surface area contributed by atoms with Crippen molar-refractivity contribution in [2.45, 2.75) is 19.3 Å². The Bertz CT molecular complexity index is 389. The molecule has 1 N–H and O–H groups in total. The topological polar surface area (TPSA) is 29.1 Å². The summed E-state index contributed by atoms with van der Waals surface area (Å²) in [5.41, 5.74) is 1.19. The first-order chi connectivity index (χ1) is 7.65. The van der Waals surface area contributed by atoms with E-state index in [9.17, 15) is 4.79 Å². The zero-order chi connectivity index (χ0) is 11.6.